The van der Waals surface area contributed by atoms with Crippen molar-refractivity contribution >= 4 is 5.97 Å². The number of nitriles is 1. The first-order valence-corrected chi connectivity index (χ1v) is 11.7. The molecular weight excluding hydrogens is 474 g/mol. The number of carbonyl (C=O) groups excluding carboxylic acids is 1. The lowest BCUT2D eigenvalue weighted by atomic mass is 10.0. The van der Waals surface area contributed by atoms with Crippen LogP contribution in [0.15, 0.2) is 66.7 Å². The van der Waals surface area contributed by atoms with Crippen LogP contribution in [0.4, 0.5) is 0 Å². The minimum Gasteiger partial charge on any atom is -0.495 e. The highest BCUT2D eigenvalue weighted by Gasteiger charge is 2.26. The number of hydrogen-bond donors (Lipinski definition) is 0. The average Bonchev–Trinajstić information content (AvgIpc) is 2.93. The molecule has 0 aromatic heterocycles. The van der Waals surface area contributed by atoms with E-state index in [4.69, 9.17) is 28.4 Å². The highest BCUT2D eigenvalue weighted by Crippen LogP contribution is 2.42. The third-order valence-corrected chi connectivity index (χ3v) is 5.34. The molecule has 0 N–H and O–H groups in total. The van der Waals surface area contributed by atoms with Gasteiger partial charge in [0, 0.05) is 19.8 Å². The van der Waals surface area contributed by atoms with Crippen molar-refractivity contribution in [1.29, 1.82) is 5.26 Å². The summed E-state index contributed by atoms with van der Waals surface area (Å²) in [6.07, 6.45) is 0.676. The van der Waals surface area contributed by atoms with Crippen LogP contribution in [0.25, 0.3) is 0 Å². The van der Waals surface area contributed by atoms with E-state index < -0.39 is 12.1 Å². The second-order valence-corrected chi connectivity index (χ2v) is 7.78. The summed E-state index contributed by atoms with van der Waals surface area (Å²) < 4.78 is 33.3. The molecule has 0 spiro atoms. The minimum absolute atomic E-state index is 0.142. The maximum Gasteiger partial charge on any atom is 0.315 e. The van der Waals surface area contributed by atoms with Crippen molar-refractivity contribution in [2.75, 3.05) is 47.8 Å². The number of nitrogens with zero attached hydrogens (tertiary/aromatic N) is 1. The summed E-state index contributed by atoms with van der Waals surface area (Å²) in [5.74, 6) is -0.0187. The first kappa shape index (κ1) is 27.5. The van der Waals surface area contributed by atoms with Gasteiger partial charge in [0.15, 0.2) is 17.6 Å². The van der Waals surface area contributed by atoms with Gasteiger partial charge in [0.05, 0.1) is 20.3 Å². The molecule has 1 radical (unpaired) electrons. The van der Waals surface area contributed by atoms with Crippen LogP contribution in [0.1, 0.15) is 28.4 Å². The molecular formula is C29H30NO7. The van der Waals surface area contributed by atoms with Gasteiger partial charge in [-0.15, -0.1) is 0 Å². The Morgan fingerprint density at radius 1 is 0.838 bits per heavy atom. The highest BCUT2D eigenvalue weighted by atomic mass is 16.6. The van der Waals surface area contributed by atoms with E-state index in [1.807, 2.05) is 60.7 Å². The van der Waals surface area contributed by atoms with Gasteiger partial charge in [-0.1, -0.05) is 60.7 Å². The molecule has 8 heteroatoms. The topological polar surface area (TPSA) is 96.2 Å². The number of benzene rings is 3. The van der Waals surface area contributed by atoms with Crippen LogP contribution in [0, 0.1) is 17.8 Å². The molecule has 0 unspecified atom stereocenters. The zero-order valence-corrected chi connectivity index (χ0v) is 21.1. The molecule has 0 heterocycles. The Balaban J connectivity index is 1.97. The summed E-state index contributed by atoms with van der Waals surface area (Å²) in [7, 11) is 4.52. The van der Waals surface area contributed by atoms with Gasteiger partial charge < -0.3 is 28.4 Å². The second-order valence-electron chi connectivity index (χ2n) is 7.78. The fourth-order valence-corrected chi connectivity index (χ4v) is 3.61. The van der Waals surface area contributed by atoms with E-state index >= 15 is 0 Å². The third kappa shape index (κ3) is 7.46. The first-order chi connectivity index (χ1) is 18.1. The molecule has 193 valence electrons. The van der Waals surface area contributed by atoms with Crippen LogP contribution in [0.5, 0.6) is 17.2 Å². The molecule has 0 saturated carbocycles. The quantitative estimate of drug-likeness (QED) is 0.234. The van der Waals surface area contributed by atoms with E-state index in [1.165, 1.54) is 13.5 Å². The Labute approximate surface area is 217 Å². The largest absolute Gasteiger partial charge is 0.495 e. The Morgan fingerprint density at radius 3 is 1.86 bits per heavy atom. The maximum absolute atomic E-state index is 13.3. The summed E-state index contributed by atoms with van der Waals surface area (Å²) >= 11 is 0. The SMILES string of the molecule is COCCOc1c([CH]C(=O)OC(c2ccccc2)c2ccccc2)cc(OC)c(C#N)c1OCCOC. The predicted molar refractivity (Wildman–Crippen MR) is 137 cm³/mol. The van der Waals surface area contributed by atoms with Gasteiger partial charge in [-0.3, -0.25) is 4.79 Å². The summed E-state index contributed by atoms with van der Waals surface area (Å²) in [4.78, 5) is 13.3. The van der Waals surface area contributed by atoms with Crippen molar-refractivity contribution in [3.8, 4) is 23.3 Å². The fourth-order valence-electron chi connectivity index (χ4n) is 3.61. The number of esters is 1. The smallest absolute Gasteiger partial charge is 0.315 e. The zero-order chi connectivity index (χ0) is 26.5. The minimum atomic E-state index is -0.623. The van der Waals surface area contributed by atoms with Crippen molar-refractivity contribution in [3.63, 3.8) is 0 Å². The van der Waals surface area contributed by atoms with Crippen molar-refractivity contribution in [1.82, 2.24) is 0 Å². The summed E-state index contributed by atoms with van der Waals surface area (Å²) in [5.41, 5.74) is 2.13. The number of methoxy groups -OCH3 is 3. The van der Waals surface area contributed by atoms with Crippen LogP contribution in [-0.4, -0.2) is 53.7 Å². The highest BCUT2D eigenvalue weighted by molar-refractivity contribution is 5.86. The van der Waals surface area contributed by atoms with Gasteiger partial charge in [-0.2, -0.15) is 5.26 Å². The van der Waals surface area contributed by atoms with E-state index in [1.54, 1.807) is 20.3 Å². The monoisotopic (exact) mass is 504 g/mol. The summed E-state index contributed by atoms with van der Waals surface area (Å²) in [5, 5.41) is 9.80. The average molecular weight is 505 g/mol. The van der Waals surface area contributed by atoms with Gasteiger partial charge in [0.1, 0.15) is 37.0 Å². The van der Waals surface area contributed by atoms with E-state index in [0.29, 0.717) is 12.2 Å². The summed E-state index contributed by atoms with van der Waals surface area (Å²) in [6, 6.07) is 22.6. The Bertz CT molecular complexity index is 1140. The number of hydrogen-bond acceptors (Lipinski definition) is 8. The fraction of sp³-hybridized carbons (Fsp3) is 0.276. The molecule has 0 aliphatic heterocycles. The van der Waals surface area contributed by atoms with E-state index in [2.05, 4.69) is 6.07 Å². The second kappa shape index (κ2) is 14.5. The van der Waals surface area contributed by atoms with Crippen molar-refractivity contribution < 1.29 is 33.2 Å². The van der Waals surface area contributed by atoms with Gasteiger partial charge in [-0.25, -0.2) is 0 Å². The Morgan fingerprint density at radius 2 is 1.38 bits per heavy atom. The standard InChI is InChI=1S/C29H30NO7/c1-32-14-16-35-28-23(18-25(34-3)24(20-30)29(28)36-17-15-33-2)19-26(31)37-27(21-10-6-4-7-11-21)22-12-8-5-9-13-22/h4-13,18-19,27H,14-17H2,1-3H3. The van der Waals surface area contributed by atoms with E-state index in [9.17, 15) is 10.1 Å². The lowest BCUT2D eigenvalue weighted by Crippen LogP contribution is -2.16. The van der Waals surface area contributed by atoms with E-state index in [0.717, 1.165) is 11.1 Å². The lowest BCUT2D eigenvalue weighted by Gasteiger charge is -2.21. The molecule has 3 aromatic rings. The molecule has 3 rings (SSSR count). The van der Waals surface area contributed by atoms with Crippen molar-refractivity contribution in [3.05, 3.63) is 95.4 Å². The van der Waals surface area contributed by atoms with Gasteiger partial charge in [-0.05, 0) is 17.2 Å². The van der Waals surface area contributed by atoms with Crippen LogP contribution in [0.3, 0.4) is 0 Å². The first-order valence-electron chi connectivity index (χ1n) is 11.7. The molecule has 0 atom stereocenters. The normalized spacial score (nSPS) is 10.6. The molecule has 0 bridgehead atoms. The zero-order valence-electron chi connectivity index (χ0n) is 21.1. The third-order valence-electron chi connectivity index (χ3n) is 5.34. The number of ether oxygens (including phenoxy) is 6. The van der Waals surface area contributed by atoms with Gasteiger partial charge >= 0.3 is 5.97 Å². The van der Waals surface area contributed by atoms with Gasteiger partial charge in [0.25, 0.3) is 0 Å². The Hall–Kier alpha value is -4.06. The number of rotatable bonds is 14. The molecule has 0 fully saturated rings. The lowest BCUT2D eigenvalue weighted by molar-refractivity contribution is -0.142. The van der Waals surface area contributed by atoms with Gasteiger partial charge in [0.2, 0.25) is 0 Å². The number of carbonyl (C=O) groups is 1. The molecule has 0 amide bonds. The predicted octanol–water partition coefficient (Wildman–Crippen LogP) is 4.50. The molecule has 8 nitrogen and oxygen atoms in total. The van der Waals surface area contributed by atoms with Crippen LogP contribution < -0.4 is 14.2 Å². The molecule has 37 heavy (non-hydrogen) atoms. The van der Waals surface area contributed by atoms with Crippen molar-refractivity contribution in [2.24, 2.45) is 0 Å². The van der Waals surface area contributed by atoms with E-state index in [-0.39, 0.29) is 42.6 Å². The molecule has 0 aliphatic rings. The van der Waals surface area contributed by atoms with Crippen LogP contribution in [-0.2, 0) is 19.0 Å². The van der Waals surface area contributed by atoms with Crippen molar-refractivity contribution in [2.45, 2.75) is 6.10 Å². The summed E-state index contributed by atoms with van der Waals surface area (Å²) in [6.45, 7) is 0.906. The molecule has 0 aliphatic carbocycles. The van der Waals surface area contributed by atoms with Crippen LogP contribution in [0.2, 0.25) is 0 Å². The molecule has 0 saturated heterocycles. The Kier molecular flexibility index (Phi) is 10.8. The van der Waals surface area contributed by atoms with Crippen LogP contribution >= 0.6 is 0 Å². The molecule has 3 aromatic carbocycles. The maximum atomic E-state index is 13.3.